The number of carboxylic acids is 1. The second-order valence-corrected chi connectivity index (χ2v) is 12.4. The van der Waals surface area contributed by atoms with Crippen molar-refractivity contribution in [1.82, 2.24) is 14.8 Å². The van der Waals surface area contributed by atoms with E-state index in [2.05, 4.69) is 4.98 Å². The fourth-order valence-corrected chi connectivity index (χ4v) is 6.20. The molecule has 0 aliphatic heterocycles. The number of carbonyl (C=O) groups is 1. The molecule has 43 heavy (non-hydrogen) atoms. The highest BCUT2D eigenvalue weighted by Gasteiger charge is 2.29. The number of aromatic carboxylic acids is 1. The third kappa shape index (κ3) is 6.06. The summed E-state index contributed by atoms with van der Waals surface area (Å²) in [6.07, 6.45) is 3.24. The van der Waals surface area contributed by atoms with Crippen molar-refractivity contribution in [2.45, 2.75) is 30.6 Å². The van der Waals surface area contributed by atoms with Gasteiger partial charge in [0.2, 0.25) is 5.13 Å². The van der Waals surface area contributed by atoms with Crippen molar-refractivity contribution in [2.24, 2.45) is 11.1 Å². The molecule has 0 saturated heterocycles. The molecule has 1 aliphatic rings. The van der Waals surface area contributed by atoms with Crippen LogP contribution in [0.1, 0.15) is 40.2 Å². The maximum Gasteiger partial charge on any atom is 0.355 e. The summed E-state index contributed by atoms with van der Waals surface area (Å²) in [6.45, 7) is 0. The molecule has 0 atom stereocenters. The van der Waals surface area contributed by atoms with Gasteiger partial charge < -0.3 is 10.0 Å². The zero-order valence-electron chi connectivity index (χ0n) is 23.6. The van der Waals surface area contributed by atoms with Crippen molar-refractivity contribution < 1.29 is 18.7 Å². The van der Waals surface area contributed by atoms with E-state index in [9.17, 15) is 14.3 Å². The molecule has 220 valence electrons. The standard InChI is InChI=1S/C32H29F2N5O2S2/c1-38(2)22-9-6-20(7-10-22)23-16-21(8-11-25(23)33)30-24(13-19-5-12-29(43-35)26(34)14-19)28(15-18-3-4-18)39(37-30)32-36-27(17-42-32)31(40)41/h5-12,14,16-18H,3-4,13,15,35H2,1-2H3,(H,40,41). The summed E-state index contributed by atoms with van der Waals surface area (Å²) in [4.78, 5) is 18.3. The van der Waals surface area contributed by atoms with Crippen LogP contribution in [0.3, 0.4) is 0 Å². The topological polar surface area (TPSA) is 97.3 Å². The smallest absolute Gasteiger partial charge is 0.355 e. The van der Waals surface area contributed by atoms with Crippen LogP contribution in [0.25, 0.3) is 27.5 Å². The molecule has 1 aliphatic carbocycles. The molecular formula is C32H29F2N5O2S2. The fourth-order valence-electron chi connectivity index (χ4n) is 5.11. The summed E-state index contributed by atoms with van der Waals surface area (Å²) in [6, 6.07) is 17.6. The summed E-state index contributed by atoms with van der Waals surface area (Å²) in [5.41, 5.74) is 5.92. The summed E-state index contributed by atoms with van der Waals surface area (Å²) >= 11 is 2.05. The van der Waals surface area contributed by atoms with Crippen molar-refractivity contribution in [3.8, 4) is 27.5 Å². The van der Waals surface area contributed by atoms with Crippen molar-refractivity contribution in [2.75, 3.05) is 19.0 Å². The average Bonchev–Trinajstić information content (AvgIpc) is 3.55. The Hall–Kier alpha value is -4.06. The first-order chi connectivity index (χ1) is 20.7. The Kier molecular flexibility index (Phi) is 8.04. The molecular weight excluding hydrogens is 589 g/mol. The highest BCUT2D eigenvalue weighted by atomic mass is 32.2. The van der Waals surface area contributed by atoms with Gasteiger partial charge in [0.05, 0.1) is 16.3 Å². The van der Waals surface area contributed by atoms with Crippen LogP contribution in [0.4, 0.5) is 14.5 Å². The van der Waals surface area contributed by atoms with Gasteiger partial charge in [-0.15, -0.1) is 11.3 Å². The van der Waals surface area contributed by atoms with Crippen LogP contribution in [0, 0.1) is 17.6 Å². The maximum atomic E-state index is 15.2. The minimum Gasteiger partial charge on any atom is -0.476 e. The molecule has 5 aromatic rings. The van der Waals surface area contributed by atoms with Gasteiger partial charge in [0.1, 0.15) is 11.6 Å². The molecule has 0 amide bonds. The van der Waals surface area contributed by atoms with Gasteiger partial charge >= 0.3 is 5.97 Å². The van der Waals surface area contributed by atoms with Crippen LogP contribution in [0.15, 0.2) is 70.9 Å². The van der Waals surface area contributed by atoms with E-state index < -0.39 is 11.8 Å². The van der Waals surface area contributed by atoms with E-state index >= 15 is 4.39 Å². The van der Waals surface area contributed by atoms with E-state index in [1.807, 2.05) is 49.3 Å². The molecule has 3 aromatic carbocycles. The molecule has 1 saturated carbocycles. The number of hydrogen-bond acceptors (Lipinski definition) is 7. The zero-order valence-corrected chi connectivity index (χ0v) is 25.2. The number of aromatic nitrogens is 3. The van der Waals surface area contributed by atoms with E-state index in [1.54, 1.807) is 22.9 Å². The van der Waals surface area contributed by atoms with Crippen LogP contribution in [0.5, 0.6) is 0 Å². The number of rotatable bonds is 10. The summed E-state index contributed by atoms with van der Waals surface area (Å²) in [7, 11) is 3.90. The molecule has 1 fully saturated rings. The molecule has 2 heterocycles. The maximum absolute atomic E-state index is 15.2. The molecule has 2 aromatic heterocycles. The lowest BCUT2D eigenvalue weighted by atomic mass is 9.95. The van der Waals surface area contributed by atoms with Crippen molar-refractivity contribution in [3.05, 3.63) is 100 Å². The van der Waals surface area contributed by atoms with E-state index in [1.165, 1.54) is 28.8 Å². The lowest BCUT2D eigenvalue weighted by molar-refractivity contribution is 0.0691. The van der Waals surface area contributed by atoms with E-state index in [0.717, 1.165) is 52.9 Å². The molecule has 6 rings (SSSR count). The summed E-state index contributed by atoms with van der Waals surface area (Å²) in [5.74, 6) is -1.41. The first-order valence-electron chi connectivity index (χ1n) is 13.7. The first kappa shape index (κ1) is 29.0. The predicted molar refractivity (Wildman–Crippen MR) is 167 cm³/mol. The Morgan fingerprint density at radius 2 is 1.81 bits per heavy atom. The van der Waals surface area contributed by atoms with Crippen LogP contribution in [-0.2, 0) is 12.8 Å². The molecule has 0 spiro atoms. The molecule has 0 bridgehead atoms. The summed E-state index contributed by atoms with van der Waals surface area (Å²) in [5, 5.41) is 22.0. The van der Waals surface area contributed by atoms with Crippen LogP contribution >= 0.6 is 23.3 Å². The fraction of sp³-hybridized carbons (Fsp3) is 0.219. The summed E-state index contributed by atoms with van der Waals surface area (Å²) < 4.78 is 31.7. The Labute approximate surface area is 256 Å². The van der Waals surface area contributed by atoms with Crippen LogP contribution < -0.4 is 10.0 Å². The number of nitrogens with zero attached hydrogens (tertiary/aromatic N) is 4. The molecule has 0 unspecified atom stereocenters. The Morgan fingerprint density at radius 3 is 2.44 bits per heavy atom. The lowest BCUT2D eigenvalue weighted by Crippen LogP contribution is -2.07. The largest absolute Gasteiger partial charge is 0.476 e. The minimum absolute atomic E-state index is 0.0573. The van der Waals surface area contributed by atoms with Gasteiger partial charge in [-0.1, -0.05) is 18.2 Å². The van der Waals surface area contributed by atoms with E-state index in [-0.39, 0.29) is 11.5 Å². The number of nitrogens with two attached hydrogens (primary N) is 1. The monoisotopic (exact) mass is 617 g/mol. The molecule has 0 radical (unpaired) electrons. The SMILES string of the molecule is CN(C)c1ccc(-c2cc(-c3nn(-c4nc(C(=O)O)cs4)c(CC4CC4)c3Cc3ccc(SN)c(F)c3)ccc2F)cc1. The van der Waals surface area contributed by atoms with Gasteiger partial charge in [-0.2, -0.15) is 5.10 Å². The van der Waals surface area contributed by atoms with Gasteiger partial charge in [-0.05, 0) is 90.7 Å². The number of thiazole rings is 1. The van der Waals surface area contributed by atoms with Crippen molar-refractivity contribution in [1.29, 1.82) is 0 Å². The quantitative estimate of drug-likeness (QED) is 0.160. The van der Waals surface area contributed by atoms with Gasteiger partial charge in [0.15, 0.2) is 5.69 Å². The minimum atomic E-state index is -1.12. The highest BCUT2D eigenvalue weighted by Crippen LogP contribution is 2.39. The Morgan fingerprint density at radius 1 is 1.07 bits per heavy atom. The van der Waals surface area contributed by atoms with Crippen molar-refractivity contribution >= 4 is 34.9 Å². The van der Waals surface area contributed by atoms with E-state index in [0.29, 0.717) is 45.6 Å². The van der Waals surface area contributed by atoms with Crippen LogP contribution in [-0.4, -0.2) is 39.9 Å². The number of halogens is 2. The number of hydrogen-bond donors (Lipinski definition) is 2. The average molecular weight is 618 g/mol. The van der Waals surface area contributed by atoms with Gasteiger partial charge in [-0.25, -0.2) is 23.2 Å². The normalized spacial score (nSPS) is 13.0. The third-order valence-electron chi connectivity index (χ3n) is 7.60. The third-order valence-corrected chi connectivity index (χ3v) is 9.00. The van der Waals surface area contributed by atoms with Gasteiger partial charge in [-0.3, -0.25) is 5.14 Å². The van der Waals surface area contributed by atoms with E-state index in [4.69, 9.17) is 10.2 Å². The predicted octanol–water partition coefficient (Wildman–Crippen LogP) is 7.21. The molecule has 3 N–H and O–H groups in total. The highest BCUT2D eigenvalue weighted by molar-refractivity contribution is 7.97. The van der Waals surface area contributed by atoms with Crippen LogP contribution in [0.2, 0.25) is 0 Å². The zero-order chi connectivity index (χ0) is 30.2. The molecule has 7 nitrogen and oxygen atoms in total. The number of carboxylic acid groups (broad SMARTS) is 1. The van der Waals surface area contributed by atoms with Gasteiger partial charge in [0, 0.05) is 48.3 Å². The second-order valence-electron chi connectivity index (χ2n) is 10.8. The van der Waals surface area contributed by atoms with Gasteiger partial charge in [0.25, 0.3) is 0 Å². The lowest BCUT2D eigenvalue weighted by Gasteiger charge is -2.13. The first-order valence-corrected chi connectivity index (χ1v) is 15.5. The number of anilines is 1. The Balaban J connectivity index is 1.52. The molecule has 11 heteroatoms. The number of benzene rings is 3. The Bertz CT molecular complexity index is 1810. The van der Waals surface area contributed by atoms with Crippen molar-refractivity contribution in [3.63, 3.8) is 0 Å². The second kappa shape index (κ2) is 11.9.